The van der Waals surface area contributed by atoms with Crippen LogP contribution in [0, 0.1) is 31.4 Å². The molecule has 8 heteroatoms. The Balaban J connectivity index is 1.91. The summed E-state index contributed by atoms with van der Waals surface area (Å²) in [5.41, 5.74) is 7.93. The van der Waals surface area contributed by atoms with Crippen LogP contribution in [-0.2, 0) is 6.61 Å². The zero-order valence-electron chi connectivity index (χ0n) is 17.5. The van der Waals surface area contributed by atoms with Gasteiger partial charge in [0.25, 0.3) is 5.91 Å². The highest BCUT2D eigenvalue weighted by atomic mass is 19.1. The molecule has 1 atom stereocenters. The van der Waals surface area contributed by atoms with Crippen LogP contribution in [0.2, 0.25) is 0 Å². The van der Waals surface area contributed by atoms with Crippen LogP contribution in [0.3, 0.4) is 0 Å². The van der Waals surface area contributed by atoms with Gasteiger partial charge < -0.3 is 15.8 Å². The van der Waals surface area contributed by atoms with Gasteiger partial charge in [0.2, 0.25) is 0 Å². The summed E-state index contributed by atoms with van der Waals surface area (Å²) in [6.07, 6.45) is 1.77. The number of nitrogens with one attached hydrogen (secondary N) is 1. The molecule has 1 unspecified atom stereocenters. The molecule has 6 nitrogen and oxygen atoms in total. The van der Waals surface area contributed by atoms with Crippen LogP contribution in [-0.4, -0.2) is 27.9 Å². The smallest absolute Gasteiger partial charge is 0.270 e. The fraction of sp³-hybridized carbons (Fsp3) is 0.364. The molecule has 0 saturated carbocycles. The molecule has 0 aliphatic rings. The van der Waals surface area contributed by atoms with Gasteiger partial charge in [-0.2, -0.15) is 0 Å². The van der Waals surface area contributed by atoms with Crippen LogP contribution in [0.5, 0.6) is 5.75 Å². The molecule has 0 aliphatic heterocycles. The Morgan fingerprint density at radius 1 is 1.27 bits per heavy atom. The molecule has 2 heterocycles. The molecule has 0 spiro atoms. The number of carbonyl (C=O) groups is 1. The summed E-state index contributed by atoms with van der Waals surface area (Å²) in [6, 6.07) is 5.21. The van der Waals surface area contributed by atoms with Crippen molar-refractivity contribution in [2.24, 2.45) is 11.7 Å². The molecule has 30 heavy (non-hydrogen) atoms. The van der Waals surface area contributed by atoms with Crippen LogP contribution in [0.1, 0.15) is 41.2 Å². The van der Waals surface area contributed by atoms with E-state index in [0.717, 1.165) is 5.56 Å². The van der Waals surface area contributed by atoms with Gasteiger partial charge >= 0.3 is 0 Å². The van der Waals surface area contributed by atoms with E-state index in [1.807, 2.05) is 20.8 Å². The minimum absolute atomic E-state index is 0.162. The zero-order chi connectivity index (χ0) is 22.0. The lowest BCUT2D eigenvalue weighted by Gasteiger charge is -2.16. The van der Waals surface area contributed by atoms with Gasteiger partial charge in [0.1, 0.15) is 23.9 Å². The molecule has 160 valence electrons. The first kappa shape index (κ1) is 21.7. The number of aryl methyl sites for hydroxylation is 2. The highest BCUT2D eigenvalue weighted by molar-refractivity contribution is 5.95. The maximum atomic E-state index is 13.9. The molecule has 3 aromatic rings. The van der Waals surface area contributed by atoms with Gasteiger partial charge in [0.05, 0.1) is 11.3 Å². The van der Waals surface area contributed by atoms with Crippen molar-refractivity contribution in [1.82, 2.24) is 14.7 Å². The summed E-state index contributed by atoms with van der Waals surface area (Å²) in [4.78, 5) is 17.2. The van der Waals surface area contributed by atoms with Gasteiger partial charge in [-0.1, -0.05) is 19.9 Å². The average Bonchev–Trinajstić information content (AvgIpc) is 3.01. The van der Waals surface area contributed by atoms with E-state index >= 15 is 0 Å². The number of halogens is 2. The van der Waals surface area contributed by atoms with E-state index < -0.39 is 11.6 Å². The Labute approximate surface area is 174 Å². The Morgan fingerprint density at radius 3 is 2.57 bits per heavy atom. The lowest BCUT2D eigenvalue weighted by molar-refractivity contribution is 0.0942. The Bertz CT molecular complexity index is 1060. The zero-order valence-corrected chi connectivity index (χ0v) is 17.5. The summed E-state index contributed by atoms with van der Waals surface area (Å²) in [5, 5.41) is 2.85. The molecular weight excluding hydrogens is 390 g/mol. The van der Waals surface area contributed by atoms with Gasteiger partial charge in [-0.05, 0) is 43.5 Å². The number of hydrogen-bond acceptors (Lipinski definition) is 4. The summed E-state index contributed by atoms with van der Waals surface area (Å²) in [5.74, 6) is -1.10. The van der Waals surface area contributed by atoms with Gasteiger partial charge in [0, 0.05) is 18.8 Å². The standard InChI is InChI=1S/C22H26F2N4O2/c1-12(2)18(25)9-26-22(29)20-14(4)27-21-19(8-13(3)10-28(20)21)30-11-15-16(23)6-5-7-17(15)24/h5-8,10,12,18H,9,11,25H2,1-4H3,(H,26,29). The molecule has 0 bridgehead atoms. The summed E-state index contributed by atoms with van der Waals surface area (Å²) in [6.45, 7) is 7.57. The fourth-order valence-corrected chi connectivity index (χ4v) is 3.09. The minimum Gasteiger partial charge on any atom is -0.485 e. The van der Waals surface area contributed by atoms with Gasteiger partial charge in [-0.15, -0.1) is 0 Å². The number of carbonyl (C=O) groups excluding carboxylic acids is 1. The number of nitrogens with zero attached hydrogens (tertiary/aromatic N) is 2. The number of nitrogens with two attached hydrogens (primary N) is 1. The van der Waals surface area contributed by atoms with Crippen molar-refractivity contribution in [3.05, 3.63) is 64.6 Å². The normalized spacial score (nSPS) is 12.4. The second-order valence-electron chi connectivity index (χ2n) is 7.73. The molecular formula is C22H26F2N4O2. The van der Waals surface area contributed by atoms with E-state index in [0.29, 0.717) is 29.3 Å². The monoisotopic (exact) mass is 416 g/mol. The highest BCUT2D eigenvalue weighted by Gasteiger charge is 2.21. The Hall–Kier alpha value is -3.00. The van der Waals surface area contributed by atoms with Crippen LogP contribution in [0.15, 0.2) is 30.5 Å². The van der Waals surface area contributed by atoms with Crippen LogP contribution < -0.4 is 15.8 Å². The summed E-state index contributed by atoms with van der Waals surface area (Å²) in [7, 11) is 0. The van der Waals surface area contributed by atoms with E-state index in [-0.39, 0.29) is 30.0 Å². The molecule has 2 aromatic heterocycles. The molecule has 1 aromatic carbocycles. The van der Waals surface area contributed by atoms with E-state index in [9.17, 15) is 13.6 Å². The first-order valence-corrected chi connectivity index (χ1v) is 9.77. The number of rotatable bonds is 7. The predicted molar refractivity (Wildman–Crippen MR) is 111 cm³/mol. The van der Waals surface area contributed by atoms with Crippen LogP contribution >= 0.6 is 0 Å². The van der Waals surface area contributed by atoms with Crippen molar-refractivity contribution < 1.29 is 18.3 Å². The number of hydrogen-bond donors (Lipinski definition) is 2. The molecule has 3 N–H and O–H groups in total. The Morgan fingerprint density at radius 2 is 1.93 bits per heavy atom. The number of fused-ring (bicyclic) bond motifs is 1. The number of aromatic nitrogens is 2. The fourth-order valence-electron chi connectivity index (χ4n) is 3.09. The second kappa shape index (κ2) is 8.79. The van der Waals surface area contributed by atoms with Crippen molar-refractivity contribution in [2.75, 3.05) is 6.54 Å². The van der Waals surface area contributed by atoms with Crippen molar-refractivity contribution in [2.45, 2.75) is 40.3 Å². The van der Waals surface area contributed by atoms with Crippen molar-refractivity contribution in [3.63, 3.8) is 0 Å². The predicted octanol–water partition coefficient (Wildman–Crippen LogP) is 3.52. The second-order valence-corrected chi connectivity index (χ2v) is 7.73. The van der Waals surface area contributed by atoms with Crippen molar-refractivity contribution in [1.29, 1.82) is 0 Å². The molecule has 1 amide bonds. The van der Waals surface area contributed by atoms with Crippen LogP contribution in [0.4, 0.5) is 8.78 Å². The highest BCUT2D eigenvalue weighted by Crippen LogP contribution is 2.26. The maximum absolute atomic E-state index is 13.9. The van der Waals surface area contributed by atoms with Gasteiger partial charge in [-0.25, -0.2) is 13.8 Å². The number of amides is 1. The van der Waals surface area contributed by atoms with Gasteiger partial charge in [-0.3, -0.25) is 9.20 Å². The molecule has 3 rings (SSSR count). The van der Waals surface area contributed by atoms with E-state index in [1.54, 1.807) is 23.6 Å². The SMILES string of the molecule is Cc1cc(OCc2c(F)cccc2F)c2nc(C)c(C(=O)NCC(N)C(C)C)n2c1. The van der Waals surface area contributed by atoms with E-state index in [1.165, 1.54) is 18.2 Å². The number of ether oxygens (including phenoxy) is 1. The van der Waals surface area contributed by atoms with Crippen molar-refractivity contribution >= 4 is 11.6 Å². The molecule has 0 radical (unpaired) electrons. The third-order valence-electron chi connectivity index (χ3n) is 5.00. The quantitative estimate of drug-likeness (QED) is 0.618. The molecule has 0 aliphatic carbocycles. The lowest BCUT2D eigenvalue weighted by atomic mass is 10.1. The Kier molecular flexibility index (Phi) is 6.36. The third-order valence-corrected chi connectivity index (χ3v) is 5.00. The summed E-state index contributed by atoms with van der Waals surface area (Å²) >= 11 is 0. The van der Waals surface area contributed by atoms with Crippen LogP contribution in [0.25, 0.3) is 5.65 Å². The number of pyridine rings is 1. The van der Waals surface area contributed by atoms with E-state index in [4.69, 9.17) is 10.5 Å². The van der Waals surface area contributed by atoms with Gasteiger partial charge in [0.15, 0.2) is 11.4 Å². The van der Waals surface area contributed by atoms with E-state index in [2.05, 4.69) is 10.3 Å². The first-order valence-electron chi connectivity index (χ1n) is 9.77. The largest absolute Gasteiger partial charge is 0.485 e. The average molecular weight is 416 g/mol. The molecule has 0 saturated heterocycles. The maximum Gasteiger partial charge on any atom is 0.270 e. The first-order chi connectivity index (χ1) is 14.2. The topological polar surface area (TPSA) is 81.6 Å². The number of imidazole rings is 1. The summed E-state index contributed by atoms with van der Waals surface area (Å²) < 4.78 is 35.2. The number of benzene rings is 1. The third kappa shape index (κ3) is 4.43. The van der Waals surface area contributed by atoms with Crippen molar-refractivity contribution in [3.8, 4) is 5.75 Å². The minimum atomic E-state index is -0.681. The lowest BCUT2D eigenvalue weighted by Crippen LogP contribution is -2.40. The molecule has 0 fully saturated rings.